The molecule has 0 saturated heterocycles. The molecule has 1 aliphatic rings. The van der Waals surface area contributed by atoms with E-state index in [9.17, 15) is 10.1 Å². The Morgan fingerprint density at radius 1 is 1.00 bits per heavy atom. The molecule has 0 fully saturated rings. The highest BCUT2D eigenvalue weighted by molar-refractivity contribution is 6.32. The van der Waals surface area contributed by atoms with Crippen LogP contribution in [0.4, 0.5) is 0 Å². The summed E-state index contributed by atoms with van der Waals surface area (Å²) in [7, 11) is 0. The number of nitrogens with zero attached hydrogens (tertiary/aromatic N) is 3. The molecule has 1 aromatic carbocycles. The zero-order valence-electron chi connectivity index (χ0n) is 11.5. The van der Waals surface area contributed by atoms with Crippen LogP contribution in [0.15, 0.2) is 34.5 Å². The van der Waals surface area contributed by atoms with Crippen molar-refractivity contribution in [1.29, 1.82) is 0 Å². The van der Waals surface area contributed by atoms with Crippen LogP contribution in [0.5, 0.6) is 0 Å². The van der Waals surface area contributed by atoms with Gasteiger partial charge in [-0.2, -0.15) is 10.2 Å². The van der Waals surface area contributed by atoms with Crippen LogP contribution in [-0.2, 0) is 0 Å². The van der Waals surface area contributed by atoms with Crippen molar-refractivity contribution in [2.24, 2.45) is 33.1 Å². The molecule has 0 spiro atoms. The maximum atomic E-state index is 11.4. The molecule has 22 heavy (non-hydrogen) atoms. The molecule has 1 unspecified atom stereocenters. The minimum absolute atomic E-state index is 0.160. The van der Waals surface area contributed by atoms with Gasteiger partial charge in [0.2, 0.25) is 0 Å². The molecule has 0 bridgehead atoms. The van der Waals surface area contributed by atoms with Gasteiger partial charge in [0.15, 0.2) is 0 Å². The van der Waals surface area contributed by atoms with Crippen molar-refractivity contribution in [3.8, 4) is 0 Å². The highest BCUT2D eigenvalue weighted by Gasteiger charge is 2.44. The first-order valence-corrected chi connectivity index (χ1v) is 6.33. The predicted octanol–water partition coefficient (Wildman–Crippen LogP) is -2.67. The SMILES string of the molecule is NC(N)N/N=C1/c2ccccc2/C(=N\NC(N)N)C1[N+](=O)[O-]. The van der Waals surface area contributed by atoms with E-state index in [-0.39, 0.29) is 11.4 Å². The van der Waals surface area contributed by atoms with Crippen molar-refractivity contribution in [1.82, 2.24) is 10.9 Å². The lowest BCUT2D eigenvalue weighted by atomic mass is 10.1. The quantitative estimate of drug-likeness (QED) is 0.192. The van der Waals surface area contributed by atoms with E-state index in [0.717, 1.165) is 0 Å². The smallest absolute Gasteiger partial charge is 0.298 e. The fraction of sp³-hybridized carbons (Fsp3) is 0.273. The van der Waals surface area contributed by atoms with E-state index in [0.29, 0.717) is 11.1 Å². The number of benzene rings is 1. The lowest BCUT2D eigenvalue weighted by Gasteiger charge is -2.09. The maximum absolute atomic E-state index is 11.4. The monoisotopic (exact) mass is 307 g/mol. The average molecular weight is 307 g/mol. The molecule has 0 heterocycles. The minimum atomic E-state index is -1.28. The highest BCUT2D eigenvalue weighted by atomic mass is 16.6. The lowest BCUT2D eigenvalue weighted by Crippen LogP contribution is -2.45. The standard InChI is InChI=1S/C11H17N9O2/c12-10(13)18-16-7-5-3-1-2-4-6(5)8(9(7)20(21)22)17-19-11(14)15/h1-4,9-11,18-19H,12-15H2/b16-7-,17-8+. The number of hydrogen-bond donors (Lipinski definition) is 6. The number of fused-ring (bicyclic) bond motifs is 1. The summed E-state index contributed by atoms with van der Waals surface area (Å²) in [5.74, 6) is 0. The Labute approximate surface area is 125 Å². The third-order valence-corrected chi connectivity index (χ3v) is 2.88. The van der Waals surface area contributed by atoms with E-state index in [1.54, 1.807) is 24.3 Å². The summed E-state index contributed by atoms with van der Waals surface area (Å²) in [5.41, 5.74) is 27.7. The van der Waals surface area contributed by atoms with Crippen molar-refractivity contribution >= 4 is 11.4 Å². The van der Waals surface area contributed by atoms with Crippen LogP contribution in [0.25, 0.3) is 0 Å². The number of rotatable bonds is 5. The van der Waals surface area contributed by atoms with Gasteiger partial charge in [0, 0.05) is 16.1 Å². The van der Waals surface area contributed by atoms with Crippen LogP contribution in [0.3, 0.4) is 0 Å². The molecule has 1 aromatic rings. The van der Waals surface area contributed by atoms with Gasteiger partial charge in [-0.15, -0.1) is 0 Å². The average Bonchev–Trinajstić information content (AvgIpc) is 2.77. The number of hydrogen-bond acceptors (Lipinski definition) is 10. The van der Waals surface area contributed by atoms with Gasteiger partial charge in [-0.1, -0.05) is 24.3 Å². The fourth-order valence-corrected chi connectivity index (χ4v) is 2.08. The zero-order chi connectivity index (χ0) is 16.3. The summed E-state index contributed by atoms with van der Waals surface area (Å²) in [6.07, 6.45) is -1.88. The van der Waals surface area contributed by atoms with Crippen LogP contribution in [0.2, 0.25) is 0 Å². The van der Waals surface area contributed by atoms with Crippen molar-refractivity contribution in [3.05, 3.63) is 45.5 Å². The molecule has 118 valence electrons. The molecule has 11 heteroatoms. The molecule has 10 N–H and O–H groups in total. The maximum Gasteiger partial charge on any atom is 0.300 e. The van der Waals surface area contributed by atoms with Gasteiger partial charge in [0.25, 0.3) is 0 Å². The van der Waals surface area contributed by atoms with Crippen molar-refractivity contribution in [3.63, 3.8) is 0 Å². The van der Waals surface area contributed by atoms with Gasteiger partial charge in [-0.25, -0.2) is 0 Å². The summed E-state index contributed by atoms with van der Waals surface area (Å²) in [6.45, 7) is 0. The largest absolute Gasteiger partial charge is 0.300 e. The molecule has 0 amide bonds. The number of nitrogens with two attached hydrogens (primary N) is 4. The molecule has 0 aromatic heterocycles. The first kappa shape index (κ1) is 15.8. The van der Waals surface area contributed by atoms with E-state index in [1.807, 2.05) is 0 Å². The van der Waals surface area contributed by atoms with E-state index < -0.39 is 23.5 Å². The second kappa shape index (κ2) is 6.44. The van der Waals surface area contributed by atoms with Crippen molar-refractivity contribution < 1.29 is 4.92 Å². The molecule has 11 nitrogen and oxygen atoms in total. The Morgan fingerprint density at radius 3 is 1.73 bits per heavy atom. The van der Waals surface area contributed by atoms with Gasteiger partial charge < -0.3 is 0 Å². The molecular weight excluding hydrogens is 290 g/mol. The summed E-state index contributed by atoms with van der Waals surface area (Å²) in [5, 5.41) is 19.3. The summed E-state index contributed by atoms with van der Waals surface area (Å²) < 4.78 is 0. The fourth-order valence-electron chi connectivity index (χ4n) is 2.08. The lowest BCUT2D eigenvalue weighted by molar-refractivity contribution is -0.483. The molecule has 1 aliphatic carbocycles. The van der Waals surface area contributed by atoms with Crippen molar-refractivity contribution in [2.75, 3.05) is 0 Å². The molecule has 0 radical (unpaired) electrons. The van der Waals surface area contributed by atoms with Crippen molar-refractivity contribution in [2.45, 2.75) is 18.6 Å². The van der Waals surface area contributed by atoms with E-state index in [2.05, 4.69) is 21.1 Å². The summed E-state index contributed by atoms with van der Waals surface area (Å²) >= 11 is 0. The third kappa shape index (κ3) is 3.17. The Bertz CT molecular complexity index is 579. The van der Waals surface area contributed by atoms with Crippen LogP contribution >= 0.6 is 0 Å². The van der Waals surface area contributed by atoms with Gasteiger partial charge in [-0.3, -0.25) is 43.9 Å². The highest BCUT2D eigenvalue weighted by Crippen LogP contribution is 2.25. The second-order valence-corrected chi connectivity index (χ2v) is 4.54. The van der Waals surface area contributed by atoms with Gasteiger partial charge >= 0.3 is 6.04 Å². The zero-order valence-corrected chi connectivity index (χ0v) is 11.5. The molecule has 1 atom stereocenters. The van der Waals surface area contributed by atoms with Crippen LogP contribution in [0.1, 0.15) is 11.1 Å². The number of nitro groups is 1. The molecule has 0 saturated carbocycles. The number of hydrazone groups is 2. The van der Waals surface area contributed by atoms with E-state index in [1.165, 1.54) is 0 Å². The first-order valence-electron chi connectivity index (χ1n) is 6.33. The molecule has 2 rings (SSSR count). The Hall–Kier alpha value is -2.60. The summed E-state index contributed by atoms with van der Waals surface area (Å²) in [6, 6.07) is 5.57. The second-order valence-electron chi connectivity index (χ2n) is 4.54. The van der Waals surface area contributed by atoms with Gasteiger partial charge in [0.1, 0.15) is 24.0 Å². The van der Waals surface area contributed by atoms with Gasteiger partial charge in [-0.05, 0) is 0 Å². The summed E-state index contributed by atoms with van der Waals surface area (Å²) in [4.78, 5) is 10.9. The third-order valence-electron chi connectivity index (χ3n) is 2.88. The van der Waals surface area contributed by atoms with E-state index in [4.69, 9.17) is 22.9 Å². The molecular formula is C11H17N9O2. The van der Waals surface area contributed by atoms with E-state index >= 15 is 0 Å². The molecule has 0 aliphatic heterocycles. The Kier molecular flexibility index (Phi) is 4.62. The van der Waals surface area contributed by atoms with Crippen LogP contribution < -0.4 is 33.8 Å². The van der Waals surface area contributed by atoms with Gasteiger partial charge in [0.05, 0.1) is 0 Å². The van der Waals surface area contributed by atoms with Crippen LogP contribution in [-0.4, -0.2) is 35.0 Å². The minimum Gasteiger partial charge on any atom is -0.298 e. The Balaban J connectivity index is 2.52. The topological polar surface area (TPSA) is 196 Å². The normalized spacial score (nSPS) is 20.7. The predicted molar refractivity (Wildman–Crippen MR) is 80.9 cm³/mol. The number of nitrogens with one attached hydrogen (secondary N) is 2. The Morgan fingerprint density at radius 2 is 1.41 bits per heavy atom. The first-order chi connectivity index (χ1) is 10.4. The van der Waals surface area contributed by atoms with Crippen LogP contribution in [0, 0.1) is 10.1 Å².